The smallest absolute Gasteiger partial charge is 0.338 e. The number of ether oxygens (including phenoxy) is 1. The summed E-state index contributed by atoms with van der Waals surface area (Å²) in [5.74, 6) is -0.426. The monoisotopic (exact) mass is 512 g/mol. The van der Waals surface area contributed by atoms with Gasteiger partial charge in [0.1, 0.15) is 5.75 Å². The topological polar surface area (TPSA) is 80.9 Å². The Hall–Kier alpha value is -2.97. The number of nitrogens with zero attached hydrogens (tertiary/aromatic N) is 2. The first kappa shape index (κ1) is 22.2. The number of aromatic nitrogens is 1. The van der Waals surface area contributed by atoms with Crippen LogP contribution in [0.1, 0.15) is 37.9 Å². The normalized spacial score (nSPS) is 16.2. The minimum Gasteiger partial charge on any atom is -0.507 e. The van der Waals surface area contributed by atoms with Crippen LogP contribution in [0.4, 0.5) is 0 Å². The van der Waals surface area contributed by atoms with Gasteiger partial charge in [-0.05, 0) is 50.6 Å². The molecular formula is C24H21BrN2O4S. The second-order valence-electron chi connectivity index (χ2n) is 7.65. The quantitative estimate of drug-likeness (QED) is 0.541. The van der Waals surface area contributed by atoms with E-state index in [1.54, 1.807) is 45.0 Å². The van der Waals surface area contributed by atoms with Crippen molar-refractivity contribution in [1.82, 2.24) is 4.57 Å². The van der Waals surface area contributed by atoms with Crippen LogP contribution in [0, 0.1) is 0 Å². The summed E-state index contributed by atoms with van der Waals surface area (Å²) in [6, 6.07) is 13.7. The van der Waals surface area contributed by atoms with Crippen molar-refractivity contribution in [1.29, 1.82) is 0 Å². The minimum atomic E-state index is -0.656. The molecule has 1 aliphatic heterocycles. The molecule has 0 radical (unpaired) electrons. The molecule has 1 unspecified atom stereocenters. The Balaban J connectivity index is 1.96. The van der Waals surface area contributed by atoms with Crippen LogP contribution >= 0.6 is 27.3 Å². The molecule has 0 aliphatic carbocycles. The fourth-order valence-electron chi connectivity index (χ4n) is 3.59. The lowest BCUT2D eigenvalue weighted by molar-refractivity contribution is -0.143. The SMILES string of the molecule is CC1=C(C(=O)OC(C)C)C(c2ccccc2)n2c(sc(=Cc3cc(Br)ccc3O)c2=O)=N1. The molecule has 32 heavy (non-hydrogen) atoms. The third-order valence-corrected chi connectivity index (χ3v) is 6.45. The number of carbonyl (C=O) groups is 1. The van der Waals surface area contributed by atoms with Crippen molar-refractivity contribution in [3.8, 4) is 5.75 Å². The van der Waals surface area contributed by atoms with Crippen LogP contribution in [0.3, 0.4) is 0 Å². The fourth-order valence-corrected chi connectivity index (χ4v) is 5.01. The van der Waals surface area contributed by atoms with E-state index in [0.29, 0.717) is 26.2 Å². The van der Waals surface area contributed by atoms with Gasteiger partial charge in [-0.2, -0.15) is 0 Å². The average Bonchev–Trinajstić information content (AvgIpc) is 3.04. The largest absolute Gasteiger partial charge is 0.507 e. The zero-order valence-electron chi connectivity index (χ0n) is 17.7. The second-order valence-corrected chi connectivity index (χ2v) is 9.57. The summed E-state index contributed by atoms with van der Waals surface area (Å²) < 4.78 is 8.21. The first-order valence-electron chi connectivity index (χ1n) is 10.0. The van der Waals surface area contributed by atoms with E-state index < -0.39 is 12.0 Å². The number of hydrogen-bond acceptors (Lipinski definition) is 6. The standard InChI is InChI=1S/C24H21BrN2O4S/c1-13(2)31-23(30)20-14(3)26-24-27(21(20)15-7-5-4-6-8-15)22(29)19(32-24)12-16-11-17(25)9-10-18(16)28/h4-13,21,28H,1-3H3. The summed E-state index contributed by atoms with van der Waals surface area (Å²) in [5, 5.41) is 10.2. The van der Waals surface area contributed by atoms with Gasteiger partial charge in [0.25, 0.3) is 5.56 Å². The number of aromatic hydroxyl groups is 1. The molecule has 2 aromatic carbocycles. The molecule has 164 valence electrons. The first-order chi connectivity index (χ1) is 15.3. The maximum atomic E-state index is 13.5. The highest BCUT2D eigenvalue weighted by Crippen LogP contribution is 2.31. The summed E-state index contributed by atoms with van der Waals surface area (Å²) in [7, 11) is 0. The summed E-state index contributed by atoms with van der Waals surface area (Å²) in [4.78, 5) is 31.6. The molecule has 0 fully saturated rings. The number of benzene rings is 2. The molecule has 6 nitrogen and oxygen atoms in total. The molecule has 0 amide bonds. The maximum Gasteiger partial charge on any atom is 0.338 e. The van der Waals surface area contributed by atoms with Gasteiger partial charge in [0.05, 0.1) is 27.9 Å². The number of carbonyl (C=O) groups excluding carboxylic acids is 1. The fraction of sp³-hybridized carbons (Fsp3) is 0.208. The van der Waals surface area contributed by atoms with Crippen LogP contribution in [0.2, 0.25) is 0 Å². The van der Waals surface area contributed by atoms with Gasteiger partial charge >= 0.3 is 5.97 Å². The molecule has 1 aromatic heterocycles. The molecule has 8 heteroatoms. The Morgan fingerprint density at radius 1 is 1.25 bits per heavy atom. The van der Waals surface area contributed by atoms with E-state index in [2.05, 4.69) is 20.9 Å². The van der Waals surface area contributed by atoms with Crippen molar-refractivity contribution < 1.29 is 14.6 Å². The lowest BCUT2D eigenvalue weighted by atomic mass is 9.96. The Morgan fingerprint density at radius 2 is 1.97 bits per heavy atom. The molecule has 2 heterocycles. The van der Waals surface area contributed by atoms with Gasteiger partial charge in [0.2, 0.25) is 0 Å². The lowest BCUT2D eigenvalue weighted by Crippen LogP contribution is -2.40. The van der Waals surface area contributed by atoms with Gasteiger partial charge in [-0.25, -0.2) is 9.79 Å². The van der Waals surface area contributed by atoms with Gasteiger partial charge < -0.3 is 9.84 Å². The zero-order valence-corrected chi connectivity index (χ0v) is 20.1. The third kappa shape index (κ3) is 4.20. The predicted molar refractivity (Wildman–Crippen MR) is 127 cm³/mol. The number of esters is 1. The van der Waals surface area contributed by atoms with Crippen LogP contribution in [-0.4, -0.2) is 21.7 Å². The first-order valence-corrected chi connectivity index (χ1v) is 11.6. The maximum absolute atomic E-state index is 13.5. The number of thiazole rings is 1. The Labute approximate surface area is 197 Å². The van der Waals surface area contributed by atoms with Crippen molar-refractivity contribution in [2.75, 3.05) is 0 Å². The van der Waals surface area contributed by atoms with E-state index >= 15 is 0 Å². The highest BCUT2D eigenvalue weighted by molar-refractivity contribution is 9.10. The number of phenols is 1. The van der Waals surface area contributed by atoms with Gasteiger partial charge in [-0.15, -0.1) is 0 Å². The van der Waals surface area contributed by atoms with E-state index in [1.807, 2.05) is 30.3 Å². The predicted octanol–water partition coefficient (Wildman–Crippen LogP) is 3.65. The van der Waals surface area contributed by atoms with Gasteiger partial charge in [-0.3, -0.25) is 9.36 Å². The lowest BCUT2D eigenvalue weighted by Gasteiger charge is -2.25. The highest BCUT2D eigenvalue weighted by atomic mass is 79.9. The number of halogens is 1. The van der Waals surface area contributed by atoms with E-state index in [4.69, 9.17) is 4.74 Å². The number of phenolic OH excluding ortho intramolecular Hbond substituents is 1. The number of fused-ring (bicyclic) bond motifs is 1. The van der Waals surface area contributed by atoms with E-state index in [1.165, 1.54) is 15.9 Å². The molecule has 0 bridgehead atoms. The zero-order chi connectivity index (χ0) is 23.0. The van der Waals surface area contributed by atoms with Gasteiger partial charge in [0, 0.05) is 10.0 Å². The molecule has 1 aliphatic rings. The van der Waals surface area contributed by atoms with Crippen molar-refractivity contribution in [3.63, 3.8) is 0 Å². The van der Waals surface area contributed by atoms with E-state index in [9.17, 15) is 14.7 Å². The number of rotatable bonds is 4. The Bertz CT molecular complexity index is 1400. The molecule has 0 saturated heterocycles. The van der Waals surface area contributed by atoms with Crippen LogP contribution in [-0.2, 0) is 9.53 Å². The third-order valence-electron chi connectivity index (χ3n) is 4.98. The van der Waals surface area contributed by atoms with Crippen LogP contribution in [0.25, 0.3) is 6.08 Å². The molecular weight excluding hydrogens is 492 g/mol. The Kier molecular flexibility index (Phi) is 6.17. The average molecular weight is 513 g/mol. The van der Waals surface area contributed by atoms with Crippen molar-refractivity contribution in [2.45, 2.75) is 32.9 Å². The Morgan fingerprint density at radius 3 is 2.66 bits per heavy atom. The van der Waals surface area contributed by atoms with Crippen LogP contribution in [0.15, 0.2) is 74.1 Å². The van der Waals surface area contributed by atoms with Crippen molar-refractivity contribution in [3.05, 3.63) is 95.1 Å². The minimum absolute atomic E-state index is 0.0658. The second kappa shape index (κ2) is 8.88. The van der Waals surface area contributed by atoms with Crippen molar-refractivity contribution >= 4 is 39.3 Å². The summed E-state index contributed by atoms with van der Waals surface area (Å²) in [6.07, 6.45) is 1.33. The van der Waals surface area contributed by atoms with Crippen LogP contribution < -0.4 is 14.9 Å². The molecule has 0 saturated carbocycles. The summed E-state index contributed by atoms with van der Waals surface area (Å²) in [6.45, 7) is 5.32. The van der Waals surface area contributed by atoms with E-state index in [0.717, 1.165) is 10.0 Å². The summed E-state index contributed by atoms with van der Waals surface area (Å²) >= 11 is 4.61. The van der Waals surface area contributed by atoms with Crippen molar-refractivity contribution in [2.24, 2.45) is 4.99 Å². The van der Waals surface area contributed by atoms with E-state index in [-0.39, 0.29) is 17.4 Å². The number of allylic oxidation sites excluding steroid dienone is 1. The molecule has 3 aromatic rings. The number of hydrogen-bond donors (Lipinski definition) is 1. The van der Waals surface area contributed by atoms with Gasteiger partial charge in [-0.1, -0.05) is 57.6 Å². The molecule has 1 atom stereocenters. The van der Waals surface area contributed by atoms with Crippen LogP contribution in [0.5, 0.6) is 5.75 Å². The molecule has 1 N–H and O–H groups in total. The molecule has 0 spiro atoms. The summed E-state index contributed by atoms with van der Waals surface area (Å²) in [5.41, 5.74) is 1.87. The highest BCUT2D eigenvalue weighted by Gasteiger charge is 2.33. The molecule has 4 rings (SSSR count). The van der Waals surface area contributed by atoms with Gasteiger partial charge in [0.15, 0.2) is 4.80 Å².